The summed E-state index contributed by atoms with van der Waals surface area (Å²) in [4.78, 5) is 0. The highest BCUT2D eigenvalue weighted by Gasteiger charge is 2.14. The summed E-state index contributed by atoms with van der Waals surface area (Å²) in [6.45, 7) is 21.9. The van der Waals surface area contributed by atoms with E-state index in [0.29, 0.717) is 11.8 Å². The van der Waals surface area contributed by atoms with E-state index in [1.807, 2.05) is 30.3 Å². The van der Waals surface area contributed by atoms with Crippen LogP contribution in [0.5, 0.6) is 0 Å². The molecule has 0 spiro atoms. The van der Waals surface area contributed by atoms with Crippen LogP contribution < -0.4 is 0 Å². The summed E-state index contributed by atoms with van der Waals surface area (Å²) in [7, 11) is 0. The lowest BCUT2D eigenvalue weighted by Gasteiger charge is -2.17. The van der Waals surface area contributed by atoms with Crippen molar-refractivity contribution < 1.29 is 0 Å². The molecule has 0 heteroatoms. The van der Waals surface area contributed by atoms with Gasteiger partial charge in [-0.1, -0.05) is 353 Å². The molecule has 2 unspecified atom stereocenters. The van der Waals surface area contributed by atoms with Crippen LogP contribution in [-0.2, 0) is 12.8 Å². The Morgan fingerprint density at radius 1 is 0.273 bits per heavy atom. The fourth-order valence-corrected chi connectivity index (χ4v) is 11.0. The average Bonchev–Trinajstić information content (AvgIpc) is 2.08. The lowest BCUT2D eigenvalue weighted by Crippen LogP contribution is -1.99. The Kier molecular flexibility index (Phi) is 24.6. The number of aryl methyl sites for hydroxylation is 8. The van der Waals surface area contributed by atoms with Gasteiger partial charge in [0.15, 0.2) is 0 Å². The Morgan fingerprint density at radius 3 is 1.10 bits per heavy atom. The molecule has 0 aliphatic rings. The van der Waals surface area contributed by atoms with Crippen molar-refractivity contribution in [1.29, 1.82) is 0 Å². The maximum atomic E-state index is 2.40. The zero-order chi connectivity index (χ0) is 62.0. The maximum Gasteiger partial charge on any atom is 0.00612 e. The second kappa shape index (κ2) is 33.5. The van der Waals surface area contributed by atoms with Gasteiger partial charge in [0.25, 0.3) is 0 Å². The predicted molar refractivity (Wildman–Crippen MR) is 384 cm³/mol. The number of benzene rings is 12. The summed E-state index contributed by atoms with van der Waals surface area (Å²) in [6, 6.07) is 108. The van der Waals surface area contributed by atoms with E-state index in [2.05, 4.69) is 342 Å². The van der Waals surface area contributed by atoms with Gasteiger partial charge < -0.3 is 0 Å². The topological polar surface area (TPSA) is 0 Å². The third-order valence-corrected chi connectivity index (χ3v) is 16.6. The van der Waals surface area contributed by atoms with Crippen molar-refractivity contribution in [3.8, 4) is 55.6 Å². The summed E-state index contributed by atoms with van der Waals surface area (Å²) in [5.74, 6) is 0.882. The van der Waals surface area contributed by atoms with Crippen molar-refractivity contribution in [2.24, 2.45) is 0 Å². The van der Waals surface area contributed by atoms with E-state index in [1.165, 1.54) is 135 Å². The molecule has 442 valence electrons. The Balaban J connectivity index is 0.000000154. The fraction of sp³-hybridized carbons (Fsp3) is 0.182. The van der Waals surface area contributed by atoms with Crippen LogP contribution in [0.2, 0.25) is 0 Å². The van der Waals surface area contributed by atoms with Crippen LogP contribution in [0.25, 0.3) is 55.6 Å². The third kappa shape index (κ3) is 19.3. The van der Waals surface area contributed by atoms with E-state index >= 15 is 0 Å². The van der Waals surface area contributed by atoms with Crippen molar-refractivity contribution in [2.45, 2.75) is 107 Å². The summed E-state index contributed by atoms with van der Waals surface area (Å²) < 4.78 is 0. The summed E-state index contributed by atoms with van der Waals surface area (Å²) in [5, 5.41) is 0. The van der Waals surface area contributed by atoms with Gasteiger partial charge in [0, 0.05) is 5.92 Å². The van der Waals surface area contributed by atoms with Crippen molar-refractivity contribution in [1.82, 2.24) is 0 Å². The van der Waals surface area contributed by atoms with Gasteiger partial charge in [0.2, 0.25) is 0 Å². The Labute approximate surface area is 529 Å². The minimum Gasteiger partial charge on any atom is -0.0654 e. The van der Waals surface area contributed by atoms with Crippen LogP contribution in [0.4, 0.5) is 0 Å². The van der Waals surface area contributed by atoms with E-state index in [0.717, 1.165) is 12.8 Å². The molecule has 0 amide bonds. The summed E-state index contributed by atoms with van der Waals surface area (Å²) in [6.07, 6.45) is 4.68. The molecule has 12 aromatic carbocycles. The SMILES string of the molecule is CCCCc1ccccc1-c1cc(C(C)c2ccccc2)ccc1C.Cc1ccc(-c2ccc(C(C)Cc3ccc(C)c(-c4ccccc4C)c3)cc2)cc1.Cc1ccc(-c2ccccc2)cc1.Cc1ccc(-c2ccccc2)cc1.Cc1ccccc1. The molecule has 0 bridgehead atoms. The van der Waals surface area contributed by atoms with Crippen LogP contribution >= 0.6 is 0 Å². The first-order chi connectivity index (χ1) is 42.8. The molecule has 0 N–H and O–H groups in total. The molecule has 0 aromatic heterocycles. The summed E-state index contributed by atoms with van der Waals surface area (Å²) >= 11 is 0. The number of unbranched alkanes of at least 4 members (excludes halogenated alkanes) is 1. The van der Waals surface area contributed by atoms with Gasteiger partial charge in [-0.25, -0.2) is 0 Å². The highest BCUT2D eigenvalue weighted by atomic mass is 14.2. The van der Waals surface area contributed by atoms with E-state index in [4.69, 9.17) is 0 Å². The smallest absolute Gasteiger partial charge is 0.00612 e. The molecule has 0 saturated heterocycles. The first kappa shape index (κ1) is 64.6. The molecular weight excluding hydrogens is 1060 g/mol. The Hall–Kier alpha value is -9.36. The maximum absolute atomic E-state index is 2.40. The summed E-state index contributed by atoms with van der Waals surface area (Å²) in [5.41, 5.74) is 29.4. The molecule has 0 fully saturated rings. The molecular formula is C88H90. The molecule has 2 atom stereocenters. The lowest BCUT2D eigenvalue weighted by molar-refractivity contribution is 0.759. The number of hydrogen-bond donors (Lipinski definition) is 0. The molecule has 0 aliphatic carbocycles. The lowest BCUT2D eigenvalue weighted by atomic mass is 9.87. The normalized spacial score (nSPS) is 11.2. The molecule has 0 nitrogen and oxygen atoms in total. The van der Waals surface area contributed by atoms with Gasteiger partial charge >= 0.3 is 0 Å². The predicted octanol–water partition coefficient (Wildman–Crippen LogP) is 24.8. The molecule has 0 saturated carbocycles. The van der Waals surface area contributed by atoms with Gasteiger partial charge in [-0.15, -0.1) is 0 Å². The zero-order valence-electron chi connectivity index (χ0n) is 53.9. The van der Waals surface area contributed by atoms with Gasteiger partial charge in [-0.05, 0) is 174 Å². The molecule has 88 heavy (non-hydrogen) atoms. The van der Waals surface area contributed by atoms with Crippen LogP contribution in [0, 0.1) is 48.5 Å². The van der Waals surface area contributed by atoms with E-state index in [9.17, 15) is 0 Å². The van der Waals surface area contributed by atoms with Crippen molar-refractivity contribution in [3.63, 3.8) is 0 Å². The molecule has 0 aliphatic heterocycles. The van der Waals surface area contributed by atoms with Crippen LogP contribution in [0.1, 0.15) is 112 Å². The highest BCUT2D eigenvalue weighted by molar-refractivity contribution is 5.73. The minimum absolute atomic E-state index is 0.406. The average molecular weight is 1150 g/mol. The standard InChI is InChI=1S/C30H30.C25H28.2C13H12.C7H8/c1-21-9-13-27(14-10-21)28-17-15-26(16-18-28)24(4)19-25-12-11-23(3)30(20-25)29-8-6-5-7-22(29)2;1-4-5-11-22-14-9-10-15-24(22)25-18-23(17-16-19(25)2)20(3)21-12-7-6-8-13-21;2*1-11-7-9-13(10-8-11)12-5-3-2-4-6-12;1-7-5-3-2-4-6-7/h5-18,20,24H,19H2,1-4H3;6-10,12-18,20H,4-5,11H2,1-3H3;2*2-10H,1H3;2-6H,1H3. The van der Waals surface area contributed by atoms with Crippen LogP contribution in [0.15, 0.2) is 303 Å². The quantitative estimate of drug-likeness (QED) is 0.108. The molecule has 0 radical (unpaired) electrons. The zero-order valence-corrected chi connectivity index (χ0v) is 53.9. The van der Waals surface area contributed by atoms with Gasteiger partial charge in [-0.3, -0.25) is 0 Å². The second-order valence-electron chi connectivity index (χ2n) is 23.6. The third-order valence-electron chi connectivity index (χ3n) is 16.6. The minimum atomic E-state index is 0.406. The van der Waals surface area contributed by atoms with Gasteiger partial charge in [0.1, 0.15) is 0 Å². The highest BCUT2D eigenvalue weighted by Crippen LogP contribution is 2.34. The fourth-order valence-electron chi connectivity index (χ4n) is 11.0. The second-order valence-corrected chi connectivity index (χ2v) is 23.6. The van der Waals surface area contributed by atoms with Crippen molar-refractivity contribution in [3.05, 3.63) is 370 Å². The first-order valence-electron chi connectivity index (χ1n) is 31.7. The van der Waals surface area contributed by atoms with Gasteiger partial charge in [0.05, 0.1) is 0 Å². The number of hydrogen-bond acceptors (Lipinski definition) is 0. The number of rotatable bonds is 13. The van der Waals surface area contributed by atoms with E-state index in [1.54, 1.807) is 0 Å². The van der Waals surface area contributed by atoms with Crippen molar-refractivity contribution >= 4 is 0 Å². The van der Waals surface area contributed by atoms with E-state index < -0.39 is 0 Å². The van der Waals surface area contributed by atoms with Crippen LogP contribution in [0.3, 0.4) is 0 Å². The molecule has 12 rings (SSSR count). The van der Waals surface area contributed by atoms with Crippen LogP contribution in [-0.4, -0.2) is 0 Å². The first-order valence-corrected chi connectivity index (χ1v) is 31.7. The Bertz CT molecular complexity index is 3870. The molecule has 12 aromatic rings. The molecule has 0 heterocycles. The largest absolute Gasteiger partial charge is 0.0654 e. The van der Waals surface area contributed by atoms with E-state index in [-0.39, 0.29) is 0 Å². The van der Waals surface area contributed by atoms with Crippen molar-refractivity contribution in [2.75, 3.05) is 0 Å². The van der Waals surface area contributed by atoms with Gasteiger partial charge in [-0.2, -0.15) is 0 Å². The Morgan fingerprint density at radius 2 is 0.636 bits per heavy atom. The monoisotopic (exact) mass is 1150 g/mol.